The molecule has 4 nitrogen and oxygen atoms in total. The summed E-state index contributed by atoms with van der Waals surface area (Å²) in [5, 5.41) is 3.01. The molecular formula is C40H78N2O2. The monoisotopic (exact) mass is 619 g/mol. The van der Waals surface area contributed by atoms with Crippen LogP contribution in [0.4, 0.5) is 0 Å². The van der Waals surface area contributed by atoms with Crippen LogP contribution in [0.5, 0.6) is 0 Å². The van der Waals surface area contributed by atoms with E-state index in [-0.39, 0.29) is 0 Å². The zero-order chi connectivity index (χ0) is 31.3. The minimum atomic E-state index is 0.511. The number of rotatable bonds is 32. The third-order valence-corrected chi connectivity index (χ3v) is 11.8. The van der Waals surface area contributed by atoms with Crippen LogP contribution in [0.1, 0.15) is 206 Å². The molecule has 0 aromatic carbocycles. The second kappa shape index (κ2) is 28.7. The highest BCUT2D eigenvalue weighted by molar-refractivity contribution is 4.88. The SMILES string of the molecule is CCCCCC1CCC(CCCCCCCCCN=O)C(CCCCCCCCCNOC)C1CCCCCCC1CCC1. The van der Waals surface area contributed by atoms with Gasteiger partial charge in [0.15, 0.2) is 0 Å². The summed E-state index contributed by atoms with van der Waals surface area (Å²) in [6, 6.07) is 0. The third kappa shape index (κ3) is 19.2. The van der Waals surface area contributed by atoms with E-state index in [9.17, 15) is 4.91 Å². The molecule has 0 amide bonds. The van der Waals surface area contributed by atoms with Gasteiger partial charge in [0.1, 0.15) is 0 Å². The van der Waals surface area contributed by atoms with Crippen LogP contribution in [0.15, 0.2) is 5.18 Å². The first-order valence-electron chi connectivity index (χ1n) is 20.3. The molecule has 0 aromatic heterocycles. The van der Waals surface area contributed by atoms with E-state index >= 15 is 0 Å². The zero-order valence-electron chi connectivity index (χ0n) is 30.0. The van der Waals surface area contributed by atoms with E-state index in [4.69, 9.17) is 4.84 Å². The Morgan fingerprint density at radius 2 is 1.00 bits per heavy atom. The topological polar surface area (TPSA) is 50.7 Å². The Kier molecular flexibility index (Phi) is 25.9. The van der Waals surface area contributed by atoms with Crippen molar-refractivity contribution in [2.24, 2.45) is 34.8 Å². The summed E-state index contributed by atoms with van der Waals surface area (Å²) in [6.07, 6.45) is 44.2. The van der Waals surface area contributed by atoms with Gasteiger partial charge in [0.25, 0.3) is 0 Å². The lowest BCUT2D eigenvalue weighted by Gasteiger charge is -2.44. The maximum absolute atomic E-state index is 10.3. The lowest BCUT2D eigenvalue weighted by Crippen LogP contribution is -2.35. The van der Waals surface area contributed by atoms with Crippen LogP contribution in [0.3, 0.4) is 0 Å². The number of hydrogen-bond acceptors (Lipinski definition) is 4. The van der Waals surface area contributed by atoms with Crippen LogP contribution in [0, 0.1) is 34.5 Å². The van der Waals surface area contributed by atoms with E-state index in [1.54, 1.807) is 7.11 Å². The van der Waals surface area contributed by atoms with Crippen LogP contribution in [0.2, 0.25) is 0 Å². The molecule has 260 valence electrons. The molecule has 0 aliphatic heterocycles. The molecule has 0 spiro atoms. The van der Waals surface area contributed by atoms with Crippen molar-refractivity contribution in [1.82, 2.24) is 5.48 Å². The van der Waals surface area contributed by atoms with Crippen molar-refractivity contribution in [3.63, 3.8) is 0 Å². The van der Waals surface area contributed by atoms with Gasteiger partial charge < -0.3 is 4.84 Å². The molecule has 44 heavy (non-hydrogen) atoms. The molecule has 0 radical (unpaired) electrons. The lowest BCUT2D eigenvalue weighted by atomic mass is 9.61. The number of unbranched alkanes of at least 4 members (excludes halogenated alkanes) is 17. The summed E-state index contributed by atoms with van der Waals surface area (Å²) in [7, 11) is 1.71. The Morgan fingerprint density at radius 1 is 0.545 bits per heavy atom. The number of nitrogens with one attached hydrogen (secondary N) is 1. The summed E-state index contributed by atoms with van der Waals surface area (Å²) in [4.78, 5) is 15.3. The van der Waals surface area contributed by atoms with Gasteiger partial charge in [-0.3, -0.25) is 0 Å². The minimum absolute atomic E-state index is 0.511. The Hall–Kier alpha value is -0.480. The van der Waals surface area contributed by atoms with Crippen molar-refractivity contribution in [3.8, 4) is 0 Å². The predicted octanol–water partition coefficient (Wildman–Crippen LogP) is 13.1. The molecule has 0 heterocycles. The third-order valence-electron chi connectivity index (χ3n) is 11.8. The molecule has 0 bridgehead atoms. The number of nitroso groups, excluding NO2 is 1. The second-order valence-corrected chi connectivity index (χ2v) is 15.2. The molecule has 4 heteroatoms. The molecule has 2 rings (SSSR count). The van der Waals surface area contributed by atoms with Gasteiger partial charge >= 0.3 is 0 Å². The first-order chi connectivity index (χ1) is 21.8. The maximum atomic E-state index is 10.3. The van der Waals surface area contributed by atoms with Gasteiger partial charge in [-0.05, 0) is 68.1 Å². The molecule has 0 saturated heterocycles. The highest BCUT2D eigenvalue weighted by Gasteiger charge is 2.37. The van der Waals surface area contributed by atoms with Gasteiger partial charge in [0, 0.05) is 6.54 Å². The Bertz CT molecular complexity index is 624. The average molecular weight is 619 g/mol. The first-order valence-corrected chi connectivity index (χ1v) is 20.3. The fourth-order valence-corrected chi connectivity index (χ4v) is 8.81. The van der Waals surface area contributed by atoms with Gasteiger partial charge in [-0.2, -0.15) is 4.91 Å². The molecule has 1 N–H and O–H groups in total. The van der Waals surface area contributed by atoms with E-state index in [2.05, 4.69) is 17.6 Å². The summed E-state index contributed by atoms with van der Waals surface area (Å²) in [5.74, 6) is 5.11. The largest absolute Gasteiger partial charge is 0.305 e. The summed E-state index contributed by atoms with van der Waals surface area (Å²) >= 11 is 0. The molecule has 2 saturated carbocycles. The second-order valence-electron chi connectivity index (χ2n) is 15.2. The molecule has 4 atom stereocenters. The Labute approximate surface area is 275 Å². The highest BCUT2D eigenvalue weighted by Crippen LogP contribution is 2.48. The number of nitrogens with zero attached hydrogens (tertiary/aromatic N) is 1. The highest BCUT2D eigenvalue weighted by atomic mass is 16.6. The smallest absolute Gasteiger partial charge is 0.0811 e. The summed E-state index contributed by atoms with van der Waals surface area (Å²) < 4.78 is 0. The predicted molar refractivity (Wildman–Crippen MR) is 192 cm³/mol. The Balaban J connectivity index is 1.83. The molecule has 0 aromatic rings. The zero-order valence-corrected chi connectivity index (χ0v) is 30.0. The molecule has 2 aliphatic carbocycles. The van der Waals surface area contributed by atoms with Crippen molar-refractivity contribution in [2.75, 3.05) is 20.2 Å². The standard InChI is InChI=1S/C40H78N2O2/c1-3-4-17-28-37-32-33-38(29-19-11-7-5-9-15-22-34-41-43)40(30-20-12-8-6-10-16-23-35-42-44-2)39(37)31-21-14-13-18-25-36-26-24-27-36/h36-40,42H,3-35H2,1-2H3. The summed E-state index contributed by atoms with van der Waals surface area (Å²) in [6.45, 7) is 3.87. The van der Waals surface area contributed by atoms with E-state index in [1.165, 1.54) is 193 Å². The van der Waals surface area contributed by atoms with Gasteiger partial charge in [0.05, 0.1) is 13.7 Å². The van der Waals surface area contributed by atoms with Gasteiger partial charge in [0.2, 0.25) is 0 Å². The minimum Gasteiger partial charge on any atom is -0.305 e. The van der Waals surface area contributed by atoms with E-state index in [0.29, 0.717) is 6.54 Å². The first kappa shape index (κ1) is 39.7. The van der Waals surface area contributed by atoms with Gasteiger partial charge in [-0.25, -0.2) is 5.48 Å². The number of hydrogen-bond donors (Lipinski definition) is 1. The van der Waals surface area contributed by atoms with Crippen LogP contribution >= 0.6 is 0 Å². The van der Waals surface area contributed by atoms with E-state index in [0.717, 1.165) is 42.6 Å². The van der Waals surface area contributed by atoms with E-state index < -0.39 is 0 Å². The molecule has 4 unspecified atom stereocenters. The quantitative estimate of drug-likeness (QED) is 0.0463. The number of hydroxylamine groups is 1. The summed E-state index contributed by atoms with van der Waals surface area (Å²) in [5.41, 5.74) is 2.98. The van der Waals surface area contributed by atoms with Crippen LogP contribution in [-0.4, -0.2) is 20.2 Å². The van der Waals surface area contributed by atoms with Crippen LogP contribution < -0.4 is 5.48 Å². The van der Waals surface area contributed by atoms with Gasteiger partial charge in [-0.1, -0.05) is 173 Å². The fraction of sp³-hybridized carbons (Fsp3) is 1.00. The molecule has 2 fully saturated rings. The fourth-order valence-electron chi connectivity index (χ4n) is 8.81. The van der Waals surface area contributed by atoms with Crippen molar-refractivity contribution in [1.29, 1.82) is 0 Å². The molecule has 2 aliphatic rings. The van der Waals surface area contributed by atoms with Crippen molar-refractivity contribution in [2.45, 2.75) is 206 Å². The molecular weight excluding hydrogens is 540 g/mol. The van der Waals surface area contributed by atoms with Crippen LogP contribution in [-0.2, 0) is 4.84 Å². The lowest BCUT2D eigenvalue weighted by molar-refractivity contribution is 0.0581. The van der Waals surface area contributed by atoms with Gasteiger partial charge in [-0.15, -0.1) is 0 Å². The van der Waals surface area contributed by atoms with Crippen molar-refractivity contribution >= 4 is 0 Å². The Morgan fingerprint density at radius 3 is 1.48 bits per heavy atom. The van der Waals surface area contributed by atoms with E-state index in [1.807, 2.05) is 0 Å². The van der Waals surface area contributed by atoms with Crippen LogP contribution in [0.25, 0.3) is 0 Å². The normalized spacial score (nSPS) is 22.3. The average Bonchev–Trinajstić information content (AvgIpc) is 3.01. The van der Waals surface area contributed by atoms with Crippen molar-refractivity contribution in [3.05, 3.63) is 4.91 Å². The maximum Gasteiger partial charge on any atom is 0.0811 e. The van der Waals surface area contributed by atoms with Crippen molar-refractivity contribution < 1.29 is 4.84 Å².